The number of nitrogens with one attached hydrogen (secondary N) is 1. The molecule has 0 bridgehead atoms. The number of rotatable bonds is 3. The van der Waals surface area contributed by atoms with Crippen LogP contribution in [-0.2, 0) is 0 Å². The molecule has 0 aromatic rings. The van der Waals surface area contributed by atoms with Crippen LogP contribution in [0.1, 0.15) is 13.3 Å². The monoisotopic (exact) mass is 212 g/mol. The minimum Gasteiger partial charge on any atom is -0.317 e. The van der Waals surface area contributed by atoms with Crippen molar-refractivity contribution in [2.24, 2.45) is 5.10 Å². The molecule has 0 aliphatic carbocycles. The van der Waals surface area contributed by atoms with Gasteiger partial charge < -0.3 is 4.90 Å². The summed E-state index contributed by atoms with van der Waals surface area (Å²) in [6.07, 6.45) is 5.17. The fraction of sp³-hybridized carbons (Fsp3) is 0.667. The molecule has 4 nitrogen and oxygen atoms in total. The summed E-state index contributed by atoms with van der Waals surface area (Å²) in [6.45, 7) is 5.41. The van der Waals surface area contributed by atoms with Crippen molar-refractivity contribution in [1.82, 2.24) is 15.2 Å². The van der Waals surface area contributed by atoms with Crippen LogP contribution in [0.25, 0.3) is 0 Å². The summed E-state index contributed by atoms with van der Waals surface area (Å²) in [5.41, 5.74) is 4.41. The second-order valence-electron chi connectivity index (χ2n) is 3.50. The van der Waals surface area contributed by atoms with E-state index in [1.807, 2.05) is 6.34 Å². The molecule has 0 saturated carbocycles. The number of hydrogen-bond donors (Lipinski definition) is 1. The van der Waals surface area contributed by atoms with Gasteiger partial charge in [0.1, 0.15) is 11.4 Å². The van der Waals surface area contributed by atoms with E-state index in [0.717, 1.165) is 19.8 Å². The molecular formula is C9H16N4S. The molecule has 2 heterocycles. The van der Waals surface area contributed by atoms with E-state index in [1.165, 1.54) is 17.1 Å². The molecule has 0 radical (unpaired) electrons. The Morgan fingerprint density at radius 2 is 2.50 bits per heavy atom. The first kappa shape index (κ1) is 9.86. The summed E-state index contributed by atoms with van der Waals surface area (Å²) in [5, 5.41) is 5.30. The van der Waals surface area contributed by atoms with E-state index in [4.69, 9.17) is 0 Å². The second-order valence-corrected chi connectivity index (χ2v) is 4.32. The number of thioether (sulfide) groups is 1. The summed E-state index contributed by atoms with van der Waals surface area (Å²) < 4.78 is 0. The average molecular weight is 212 g/mol. The van der Waals surface area contributed by atoms with Crippen molar-refractivity contribution < 1.29 is 0 Å². The maximum absolute atomic E-state index is 4.11. The Labute approximate surface area is 89.0 Å². The van der Waals surface area contributed by atoms with Gasteiger partial charge >= 0.3 is 0 Å². The molecule has 14 heavy (non-hydrogen) atoms. The van der Waals surface area contributed by atoms with Crippen molar-refractivity contribution in [3.8, 4) is 0 Å². The van der Waals surface area contributed by atoms with Crippen molar-refractivity contribution in [3.05, 3.63) is 10.7 Å². The number of fused-ring (bicyclic) bond motifs is 1. The third-order valence-corrected chi connectivity index (χ3v) is 3.18. The maximum atomic E-state index is 4.11. The van der Waals surface area contributed by atoms with Crippen LogP contribution in [0.4, 0.5) is 0 Å². The minimum atomic E-state index is 0.985. The lowest BCUT2D eigenvalue weighted by Gasteiger charge is -2.20. The Hall–Kier alpha value is -0.680. The molecule has 2 aliphatic heterocycles. The zero-order valence-corrected chi connectivity index (χ0v) is 9.47. The molecule has 78 valence electrons. The molecule has 1 fully saturated rings. The largest absolute Gasteiger partial charge is 0.317 e. The van der Waals surface area contributed by atoms with Gasteiger partial charge in [-0.15, -0.1) is 11.8 Å². The van der Waals surface area contributed by atoms with Crippen molar-refractivity contribution in [1.29, 1.82) is 0 Å². The first-order chi connectivity index (χ1) is 6.85. The molecular weight excluding hydrogens is 196 g/mol. The molecule has 0 atom stereocenters. The highest BCUT2D eigenvalue weighted by Gasteiger charge is 2.27. The lowest BCUT2D eigenvalue weighted by atomic mass is 10.4. The SMILES string of the molecule is CCCN1CC2=C(SC)NN=CN2C1. The molecule has 1 N–H and O–H groups in total. The molecule has 1 saturated heterocycles. The first-order valence-corrected chi connectivity index (χ1v) is 6.13. The van der Waals surface area contributed by atoms with Gasteiger partial charge in [0.15, 0.2) is 0 Å². The molecule has 0 unspecified atom stereocenters. The first-order valence-electron chi connectivity index (χ1n) is 4.90. The molecule has 2 rings (SSSR count). The molecule has 0 aromatic heterocycles. The summed E-state index contributed by atoms with van der Waals surface area (Å²) >= 11 is 1.73. The fourth-order valence-electron chi connectivity index (χ4n) is 1.81. The van der Waals surface area contributed by atoms with Crippen LogP contribution in [-0.4, -0.2) is 42.2 Å². The Morgan fingerprint density at radius 3 is 3.21 bits per heavy atom. The standard InChI is InChI=1S/C9H16N4S/c1-3-4-12-5-8-9(14-2)11-10-6-13(8)7-12/h6,11H,3-5,7H2,1-2H3. The zero-order valence-electron chi connectivity index (χ0n) is 8.66. The summed E-state index contributed by atoms with van der Waals surface area (Å²) in [6, 6.07) is 0. The Bertz CT molecular complexity index is 274. The second kappa shape index (κ2) is 4.23. The van der Waals surface area contributed by atoms with Gasteiger partial charge in [-0.2, -0.15) is 5.10 Å². The Kier molecular flexibility index (Phi) is 2.98. The summed E-state index contributed by atoms with van der Waals surface area (Å²) in [5.74, 6) is 0. The van der Waals surface area contributed by atoms with Crippen LogP contribution < -0.4 is 5.43 Å². The average Bonchev–Trinajstić information content (AvgIpc) is 2.60. The molecule has 0 spiro atoms. The van der Waals surface area contributed by atoms with Crippen LogP contribution >= 0.6 is 11.8 Å². The van der Waals surface area contributed by atoms with Gasteiger partial charge in [-0.25, -0.2) is 0 Å². The normalized spacial score (nSPS) is 21.4. The molecule has 0 amide bonds. The van der Waals surface area contributed by atoms with E-state index in [-0.39, 0.29) is 0 Å². The maximum Gasteiger partial charge on any atom is 0.117 e. The van der Waals surface area contributed by atoms with E-state index in [2.05, 4.69) is 33.5 Å². The summed E-state index contributed by atoms with van der Waals surface area (Å²) in [4.78, 5) is 4.66. The van der Waals surface area contributed by atoms with E-state index in [1.54, 1.807) is 11.8 Å². The topological polar surface area (TPSA) is 30.9 Å². The van der Waals surface area contributed by atoms with Gasteiger partial charge in [-0.3, -0.25) is 10.3 Å². The predicted molar refractivity (Wildman–Crippen MR) is 60.7 cm³/mol. The Balaban J connectivity index is 2.10. The molecule has 2 aliphatic rings. The third-order valence-electron chi connectivity index (χ3n) is 2.44. The van der Waals surface area contributed by atoms with Crippen LogP contribution in [0.3, 0.4) is 0 Å². The zero-order chi connectivity index (χ0) is 9.97. The minimum absolute atomic E-state index is 0.985. The van der Waals surface area contributed by atoms with E-state index >= 15 is 0 Å². The quantitative estimate of drug-likeness (QED) is 0.757. The van der Waals surface area contributed by atoms with E-state index in [9.17, 15) is 0 Å². The summed E-state index contributed by atoms with van der Waals surface area (Å²) in [7, 11) is 0. The van der Waals surface area contributed by atoms with Gasteiger partial charge in [-0.1, -0.05) is 6.92 Å². The van der Waals surface area contributed by atoms with Crippen LogP contribution in [0.15, 0.2) is 15.8 Å². The highest BCUT2D eigenvalue weighted by atomic mass is 32.2. The van der Waals surface area contributed by atoms with Gasteiger partial charge in [0.25, 0.3) is 0 Å². The van der Waals surface area contributed by atoms with Gasteiger partial charge in [0.2, 0.25) is 0 Å². The van der Waals surface area contributed by atoms with Crippen molar-refractivity contribution >= 4 is 18.1 Å². The Morgan fingerprint density at radius 1 is 1.64 bits per heavy atom. The predicted octanol–water partition coefficient (Wildman–Crippen LogP) is 1.05. The van der Waals surface area contributed by atoms with E-state index in [0.29, 0.717) is 0 Å². The lowest BCUT2D eigenvalue weighted by molar-refractivity contribution is 0.304. The third kappa shape index (κ3) is 1.74. The van der Waals surface area contributed by atoms with Gasteiger partial charge in [0, 0.05) is 6.54 Å². The fourth-order valence-corrected chi connectivity index (χ4v) is 2.37. The van der Waals surface area contributed by atoms with Crippen LogP contribution in [0.2, 0.25) is 0 Å². The number of nitrogens with zero attached hydrogens (tertiary/aromatic N) is 3. The van der Waals surface area contributed by atoms with Crippen molar-refractivity contribution in [2.75, 3.05) is 26.0 Å². The van der Waals surface area contributed by atoms with Crippen LogP contribution in [0, 0.1) is 0 Å². The van der Waals surface area contributed by atoms with Crippen LogP contribution in [0.5, 0.6) is 0 Å². The lowest BCUT2D eigenvalue weighted by Crippen LogP contribution is -2.28. The molecule has 5 heteroatoms. The van der Waals surface area contributed by atoms with E-state index < -0.39 is 0 Å². The van der Waals surface area contributed by atoms with Gasteiger partial charge in [-0.05, 0) is 19.2 Å². The highest BCUT2D eigenvalue weighted by Crippen LogP contribution is 2.25. The number of hydrogen-bond acceptors (Lipinski definition) is 5. The van der Waals surface area contributed by atoms with Crippen molar-refractivity contribution in [2.45, 2.75) is 13.3 Å². The highest BCUT2D eigenvalue weighted by molar-refractivity contribution is 8.02. The van der Waals surface area contributed by atoms with Gasteiger partial charge in [0.05, 0.1) is 12.4 Å². The molecule has 0 aromatic carbocycles. The van der Waals surface area contributed by atoms with Crippen molar-refractivity contribution in [3.63, 3.8) is 0 Å². The number of hydrazone groups is 1. The smallest absolute Gasteiger partial charge is 0.117 e.